The molecule has 2 aliphatic rings. The Morgan fingerprint density at radius 3 is 2.76 bits per heavy atom. The lowest BCUT2D eigenvalue weighted by molar-refractivity contribution is -0.128. The molecule has 11 heteroatoms. The van der Waals surface area contributed by atoms with Gasteiger partial charge in [0.1, 0.15) is 11.6 Å². The second-order valence-corrected chi connectivity index (χ2v) is 13.3. The van der Waals surface area contributed by atoms with Crippen molar-refractivity contribution in [1.29, 1.82) is 0 Å². The van der Waals surface area contributed by atoms with Crippen LogP contribution in [0.25, 0.3) is 38.6 Å². The maximum Gasteiger partial charge on any atom is 0.354 e. The number of nitrogens with one attached hydrogen (secondary N) is 1. The van der Waals surface area contributed by atoms with Crippen LogP contribution in [0.1, 0.15) is 43.5 Å². The third-order valence-corrected chi connectivity index (χ3v) is 10.3. The van der Waals surface area contributed by atoms with Gasteiger partial charge in [-0.2, -0.15) is 10.1 Å². The van der Waals surface area contributed by atoms with E-state index in [1.807, 2.05) is 52.8 Å². The number of benzene rings is 2. The van der Waals surface area contributed by atoms with Crippen LogP contribution in [0.5, 0.6) is 0 Å². The van der Waals surface area contributed by atoms with Gasteiger partial charge in [0, 0.05) is 42.0 Å². The molecule has 0 spiro atoms. The number of rotatable bonds is 4. The summed E-state index contributed by atoms with van der Waals surface area (Å²) in [6.07, 6.45) is 4.80. The molecule has 0 saturated carbocycles. The Balaban J connectivity index is 1.59. The maximum absolute atomic E-state index is 17.2. The van der Waals surface area contributed by atoms with Crippen LogP contribution in [0.2, 0.25) is 0 Å². The van der Waals surface area contributed by atoms with Crippen molar-refractivity contribution in [2.75, 3.05) is 23.7 Å². The SMILES string of the molecule is C=CC(=O)N1CC2CSc3c(F)c(-c4c(C)ccc5[nH]ncc45)cc4c3c(nc(=O)n4-c3c(C)ccnc3C(C)C)N2CC1C. The van der Waals surface area contributed by atoms with Gasteiger partial charge in [0.15, 0.2) is 0 Å². The zero-order chi connectivity index (χ0) is 31.7. The summed E-state index contributed by atoms with van der Waals surface area (Å²) < 4.78 is 18.8. The monoisotopic (exact) mass is 623 g/mol. The first-order valence-corrected chi connectivity index (χ1v) is 16.1. The molecule has 1 saturated heterocycles. The number of hydrogen-bond acceptors (Lipinski definition) is 7. The number of pyridine rings is 1. The molecule has 0 aliphatic carbocycles. The summed E-state index contributed by atoms with van der Waals surface area (Å²) >= 11 is 1.41. The number of thioether (sulfide) groups is 1. The third kappa shape index (κ3) is 4.47. The summed E-state index contributed by atoms with van der Waals surface area (Å²) in [5, 5.41) is 8.63. The number of halogens is 1. The van der Waals surface area contributed by atoms with Crippen molar-refractivity contribution in [3.05, 3.63) is 82.4 Å². The molecule has 5 heterocycles. The van der Waals surface area contributed by atoms with Crippen molar-refractivity contribution in [3.63, 3.8) is 0 Å². The maximum atomic E-state index is 17.2. The molecule has 45 heavy (non-hydrogen) atoms. The lowest BCUT2D eigenvalue weighted by Crippen LogP contribution is -2.60. The van der Waals surface area contributed by atoms with Crippen LogP contribution in [0.4, 0.5) is 10.2 Å². The molecule has 3 aromatic heterocycles. The van der Waals surface area contributed by atoms with Crippen molar-refractivity contribution >= 4 is 45.3 Å². The first-order valence-electron chi connectivity index (χ1n) is 15.1. The predicted molar refractivity (Wildman–Crippen MR) is 177 cm³/mol. The molecule has 1 amide bonds. The largest absolute Gasteiger partial charge is 0.354 e. The number of fused-ring (bicyclic) bond motifs is 3. The van der Waals surface area contributed by atoms with Crippen molar-refractivity contribution < 1.29 is 9.18 Å². The Labute approximate surface area is 264 Å². The van der Waals surface area contributed by atoms with Gasteiger partial charge < -0.3 is 9.80 Å². The average molecular weight is 624 g/mol. The van der Waals surface area contributed by atoms with Crippen LogP contribution in [0.3, 0.4) is 0 Å². The van der Waals surface area contributed by atoms with Crippen LogP contribution in [0, 0.1) is 19.7 Å². The molecule has 2 aromatic carbocycles. The van der Waals surface area contributed by atoms with Gasteiger partial charge in [-0.25, -0.2) is 9.18 Å². The molecule has 7 rings (SSSR count). The first-order chi connectivity index (χ1) is 21.6. The zero-order valence-corrected chi connectivity index (χ0v) is 26.7. The molecular formula is C34H34FN7O2S. The summed E-state index contributed by atoms with van der Waals surface area (Å²) in [5.41, 5.74) is 5.21. The Hall–Kier alpha value is -4.51. The fourth-order valence-corrected chi connectivity index (χ4v) is 8.09. The molecular weight excluding hydrogens is 589 g/mol. The highest BCUT2D eigenvalue weighted by Gasteiger charge is 2.39. The second-order valence-electron chi connectivity index (χ2n) is 12.3. The van der Waals surface area contributed by atoms with Gasteiger partial charge >= 0.3 is 5.69 Å². The minimum absolute atomic E-state index is 0.0219. The van der Waals surface area contributed by atoms with Crippen molar-refractivity contribution in [2.24, 2.45) is 0 Å². The Morgan fingerprint density at radius 2 is 2.00 bits per heavy atom. The van der Waals surface area contributed by atoms with E-state index in [-0.39, 0.29) is 29.7 Å². The van der Waals surface area contributed by atoms with Crippen LogP contribution in [0.15, 0.2) is 59.0 Å². The molecule has 9 nitrogen and oxygen atoms in total. The van der Waals surface area contributed by atoms with Crippen LogP contribution in [-0.2, 0) is 4.79 Å². The fraction of sp³-hybridized carbons (Fsp3) is 0.324. The van der Waals surface area contributed by atoms with Crippen molar-refractivity contribution in [3.8, 4) is 16.8 Å². The number of aromatic nitrogens is 5. The molecule has 1 fully saturated rings. The number of amides is 1. The van der Waals surface area contributed by atoms with E-state index in [2.05, 4.69) is 26.7 Å². The second kappa shape index (κ2) is 10.8. The number of carbonyl (C=O) groups excluding carboxylic acids is 1. The van der Waals surface area contributed by atoms with Gasteiger partial charge in [0.25, 0.3) is 0 Å². The molecule has 1 N–H and O–H groups in total. The molecule has 5 aromatic rings. The molecule has 2 unspecified atom stereocenters. The quantitative estimate of drug-likeness (QED) is 0.249. The number of nitrogens with zero attached hydrogens (tertiary/aromatic N) is 6. The zero-order valence-electron chi connectivity index (χ0n) is 25.9. The van der Waals surface area contributed by atoms with Crippen LogP contribution >= 0.6 is 11.8 Å². The lowest BCUT2D eigenvalue weighted by Gasteiger charge is -2.45. The number of piperazine rings is 1. The molecule has 2 aliphatic heterocycles. The van der Waals surface area contributed by atoms with E-state index in [1.165, 1.54) is 17.8 Å². The standard InChI is InChI=1S/C34H34FN7O2S/c1-7-26(43)40-15-21-16-45-32-28-25(12-22(29(32)35)27-18(4)8-9-24-23(27)13-37-39-24)42(31-19(5)10-11-36-30(31)17(2)3)34(44)38-33(28)41(21)14-20(40)6/h7-13,17,20-21H,1,14-16H2,2-6H3,(H,37,39). The Bertz CT molecular complexity index is 2100. The fourth-order valence-electron chi connectivity index (χ4n) is 6.87. The highest BCUT2D eigenvalue weighted by atomic mass is 32.2. The molecule has 2 atom stereocenters. The van der Waals surface area contributed by atoms with Gasteiger partial charge in [0.05, 0.1) is 44.9 Å². The highest BCUT2D eigenvalue weighted by Crippen LogP contribution is 2.46. The number of hydrogen-bond donors (Lipinski definition) is 1. The average Bonchev–Trinajstić information content (AvgIpc) is 3.43. The first kappa shape index (κ1) is 29.2. The Kier molecular flexibility index (Phi) is 7.03. The normalized spacial score (nSPS) is 18.0. The molecule has 0 bridgehead atoms. The predicted octanol–water partition coefficient (Wildman–Crippen LogP) is 5.90. The summed E-state index contributed by atoms with van der Waals surface area (Å²) in [7, 11) is 0. The highest BCUT2D eigenvalue weighted by molar-refractivity contribution is 7.99. The van der Waals surface area contributed by atoms with Crippen molar-refractivity contribution in [1.82, 2.24) is 29.6 Å². The minimum Gasteiger partial charge on any atom is -0.348 e. The number of carbonyl (C=O) groups is 1. The van der Waals surface area contributed by atoms with Gasteiger partial charge in [-0.1, -0.05) is 26.5 Å². The van der Waals surface area contributed by atoms with E-state index in [4.69, 9.17) is 4.98 Å². The molecule has 230 valence electrons. The summed E-state index contributed by atoms with van der Waals surface area (Å²) in [5.74, 6) is 0.467. The smallest absolute Gasteiger partial charge is 0.348 e. The van der Waals surface area contributed by atoms with E-state index in [0.717, 1.165) is 33.3 Å². The van der Waals surface area contributed by atoms with E-state index in [1.54, 1.807) is 27.9 Å². The van der Waals surface area contributed by atoms with Crippen LogP contribution in [-0.4, -0.2) is 66.5 Å². The summed E-state index contributed by atoms with van der Waals surface area (Å²) in [6.45, 7) is 14.5. The summed E-state index contributed by atoms with van der Waals surface area (Å²) in [6, 6.07) is 7.23. The molecule has 0 radical (unpaired) electrons. The van der Waals surface area contributed by atoms with E-state index >= 15 is 4.39 Å². The van der Waals surface area contributed by atoms with E-state index in [0.29, 0.717) is 51.7 Å². The van der Waals surface area contributed by atoms with Gasteiger partial charge in [-0.05, 0) is 67.7 Å². The minimum atomic E-state index is -0.458. The van der Waals surface area contributed by atoms with Gasteiger partial charge in [0.2, 0.25) is 5.91 Å². The lowest BCUT2D eigenvalue weighted by atomic mass is 9.95. The number of H-pyrrole nitrogens is 1. The number of aryl methyl sites for hydroxylation is 2. The van der Waals surface area contributed by atoms with Crippen LogP contribution < -0.4 is 10.6 Å². The number of anilines is 1. The Morgan fingerprint density at radius 1 is 1.20 bits per heavy atom. The number of aromatic amines is 1. The topological polar surface area (TPSA) is 100 Å². The van der Waals surface area contributed by atoms with E-state index < -0.39 is 5.69 Å². The van der Waals surface area contributed by atoms with Gasteiger partial charge in [-0.3, -0.25) is 19.4 Å². The third-order valence-electron chi connectivity index (χ3n) is 9.08. The van der Waals surface area contributed by atoms with E-state index in [9.17, 15) is 9.59 Å². The van der Waals surface area contributed by atoms with Crippen molar-refractivity contribution in [2.45, 2.75) is 57.5 Å². The van der Waals surface area contributed by atoms with Gasteiger partial charge in [-0.15, -0.1) is 11.8 Å². The summed E-state index contributed by atoms with van der Waals surface area (Å²) in [4.78, 5) is 40.8.